The molecule has 2 heterocycles. The minimum absolute atomic E-state index is 0.00567. The molecule has 2 aromatic heterocycles. The van der Waals surface area contributed by atoms with Crippen LogP contribution in [0.4, 0.5) is 14.6 Å². The third kappa shape index (κ3) is 5.53. The Balaban J connectivity index is 1.70. The van der Waals surface area contributed by atoms with E-state index in [2.05, 4.69) is 25.0 Å². The maximum atomic E-state index is 12.5. The van der Waals surface area contributed by atoms with Gasteiger partial charge in [0.25, 0.3) is 5.56 Å². The Kier molecular flexibility index (Phi) is 6.95. The molecule has 0 radical (unpaired) electrons. The van der Waals surface area contributed by atoms with Gasteiger partial charge in [-0.25, -0.2) is 9.97 Å². The number of benzene rings is 1. The summed E-state index contributed by atoms with van der Waals surface area (Å²) in [6.07, 6.45) is 2.28. The highest BCUT2D eigenvalue weighted by atomic mass is 19.3. The Morgan fingerprint density at radius 1 is 1.13 bits per heavy atom. The molecule has 2 N–H and O–H groups in total. The van der Waals surface area contributed by atoms with Gasteiger partial charge in [0.1, 0.15) is 11.6 Å². The van der Waals surface area contributed by atoms with Crippen molar-refractivity contribution in [1.82, 2.24) is 15.0 Å². The smallest absolute Gasteiger partial charge is 0.387 e. The van der Waals surface area contributed by atoms with Crippen LogP contribution in [0, 0.1) is 0 Å². The third-order valence-corrected chi connectivity index (χ3v) is 4.19. The van der Waals surface area contributed by atoms with E-state index in [9.17, 15) is 13.6 Å². The number of H-pyrrole nitrogens is 1. The molecule has 0 aliphatic carbocycles. The summed E-state index contributed by atoms with van der Waals surface area (Å²) in [4.78, 5) is 23.2. The molecule has 3 aromatic rings. The van der Waals surface area contributed by atoms with E-state index in [0.717, 1.165) is 5.56 Å². The molecule has 0 fully saturated rings. The predicted octanol–water partition coefficient (Wildman–Crippen LogP) is 4.01. The second-order valence-electron chi connectivity index (χ2n) is 6.32. The molecule has 0 saturated carbocycles. The van der Waals surface area contributed by atoms with Crippen LogP contribution >= 0.6 is 0 Å². The van der Waals surface area contributed by atoms with Gasteiger partial charge in [-0.15, -0.1) is 0 Å². The number of aryl methyl sites for hydroxylation is 1. The number of halogens is 2. The molecule has 158 valence electrons. The van der Waals surface area contributed by atoms with Gasteiger partial charge in [-0.05, 0) is 43.2 Å². The number of aromatic amines is 1. The minimum atomic E-state index is -2.92. The maximum Gasteiger partial charge on any atom is 0.387 e. The highest BCUT2D eigenvalue weighted by Gasteiger charge is 2.12. The topological polar surface area (TPSA) is 89.1 Å². The van der Waals surface area contributed by atoms with E-state index in [0.29, 0.717) is 42.5 Å². The molecule has 3 rings (SSSR count). The van der Waals surface area contributed by atoms with Gasteiger partial charge in [-0.3, -0.25) is 4.79 Å². The molecule has 1 aromatic carbocycles. The van der Waals surface area contributed by atoms with E-state index in [1.165, 1.54) is 12.1 Å². The Morgan fingerprint density at radius 2 is 1.97 bits per heavy atom. The van der Waals surface area contributed by atoms with Gasteiger partial charge in [0.2, 0.25) is 0 Å². The van der Waals surface area contributed by atoms with Crippen molar-refractivity contribution in [3.63, 3.8) is 0 Å². The quantitative estimate of drug-likeness (QED) is 0.548. The lowest BCUT2D eigenvalue weighted by atomic mass is 10.2. The van der Waals surface area contributed by atoms with Crippen LogP contribution < -0.4 is 20.3 Å². The van der Waals surface area contributed by atoms with Gasteiger partial charge in [-0.2, -0.15) is 8.78 Å². The number of alkyl halides is 2. The average molecular weight is 416 g/mol. The van der Waals surface area contributed by atoms with Crippen LogP contribution in [-0.4, -0.2) is 28.2 Å². The molecule has 9 heteroatoms. The summed E-state index contributed by atoms with van der Waals surface area (Å²) in [6, 6.07) is 9.82. The molecule has 0 saturated heterocycles. The van der Waals surface area contributed by atoms with Crippen molar-refractivity contribution >= 4 is 5.82 Å². The van der Waals surface area contributed by atoms with Crippen molar-refractivity contribution in [3.05, 3.63) is 64.2 Å². The molecule has 7 nitrogen and oxygen atoms in total. The Labute approximate surface area is 172 Å². The van der Waals surface area contributed by atoms with Crippen molar-refractivity contribution in [2.75, 3.05) is 11.9 Å². The second kappa shape index (κ2) is 9.82. The summed E-state index contributed by atoms with van der Waals surface area (Å²) in [7, 11) is 0. The lowest BCUT2D eigenvalue weighted by Crippen LogP contribution is -2.10. The zero-order chi connectivity index (χ0) is 21.5. The van der Waals surface area contributed by atoms with Crippen LogP contribution in [0.25, 0.3) is 11.4 Å². The largest absolute Gasteiger partial charge is 0.490 e. The van der Waals surface area contributed by atoms with E-state index in [-0.39, 0.29) is 17.1 Å². The van der Waals surface area contributed by atoms with Crippen molar-refractivity contribution in [2.45, 2.75) is 33.4 Å². The summed E-state index contributed by atoms with van der Waals surface area (Å²) < 4.78 is 34.9. The lowest BCUT2D eigenvalue weighted by molar-refractivity contribution is -0.0514. The van der Waals surface area contributed by atoms with E-state index in [4.69, 9.17) is 4.74 Å². The van der Waals surface area contributed by atoms with E-state index < -0.39 is 6.61 Å². The number of rotatable bonds is 9. The molecule has 0 aliphatic rings. The molecule has 0 unspecified atom stereocenters. The highest BCUT2D eigenvalue weighted by Crippen LogP contribution is 2.30. The number of anilines is 1. The first kappa shape index (κ1) is 21.2. The SMILES string of the molecule is CCOc1cc(CNc2ccc(-c3nc(CC)cc(=O)[nH]3)cn2)ccc1OC(F)F. The van der Waals surface area contributed by atoms with Gasteiger partial charge in [0.15, 0.2) is 11.5 Å². The van der Waals surface area contributed by atoms with Gasteiger partial charge in [-0.1, -0.05) is 13.0 Å². The van der Waals surface area contributed by atoms with E-state index in [1.807, 2.05) is 6.92 Å². The van der Waals surface area contributed by atoms with Gasteiger partial charge < -0.3 is 19.8 Å². The summed E-state index contributed by atoms with van der Waals surface area (Å²) in [5, 5.41) is 3.16. The summed E-state index contributed by atoms with van der Waals surface area (Å²) in [5.74, 6) is 1.33. The van der Waals surface area contributed by atoms with Crippen LogP contribution in [0.5, 0.6) is 11.5 Å². The highest BCUT2D eigenvalue weighted by molar-refractivity contribution is 5.56. The average Bonchev–Trinajstić information content (AvgIpc) is 2.73. The monoisotopic (exact) mass is 416 g/mol. The maximum absolute atomic E-state index is 12.5. The van der Waals surface area contributed by atoms with Gasteiger partial charge in [0.05, 0.1) is 6.61 Å². The van der Waals surface area contributed by atoms with Crippen LogP contribution in [-0.2, 0) is 13.0 Å². The first-order valence-corrected chi connectivity index (χ1v) is 9.49. The molecule has 30 heavy (non-hydrogen) atoms. The molecule has 0 spiro atoms. The number of pyridine rings is 1. The van der Waals surface area contributed by atoms with E-state index >= 15 is 0 Å². The zero-order valence-corrected chi connectivity index (χ0v) is 16.6. The number of nitrogens with zero attached hydrogens (tertiary/aromatic N) is 2. The standard InChI is InChI=1S/C21H22F2N4O3/c1-3-15-10-19(28)27-20(26-15)14-6-8-18(25-12-14)24-11-13-5-7-16(30-21(22)23)17(9-13)29-4-2/h5-10,12,21H,3-4,11H2,1-2H3,(H,24,25)(H,26,27,28). The van der Waals surface area contributed by atoms with Crippen molar-refractivity contribution in [2.24, 2.45) is 0 Å². The Morgan fingerprint density at radius 3 is 2.63 bits per heavy atom. The fourth-order valence-corrected chi connectivity index (χ4v) is 2.78. The number of hydrogen-bond donors (Lipinski definition) is 2. The van der Waals surface area contributed by atoms with Crippen LogP contribution in [0.3, 0.4) is 0 Å². The molecule has 0 aliphatic heterocycles. The van der Waals surface area contributed by atoms with Crippen LogP contribution in [0.2, 0.25) is 0 Å². The zero-order valence-electron chi connectivity index (χ0n) is 16.6. The normalized spacial score (nSPS) is 10.8. The minimum Gasteiger partial charge on any atom is -0.490 e. The summed E-state index contributed by atoms with van der Waals surface area (Å²) >= 11 is 0. The van der Waals surface area contributed by atoms with E-state index in [1.54, 1.807) is 37.4 Å². The predicted molar refractivity (Wildman–Crippen MR) is 109 cm³/mol. The number of hydrogen-bond acceptors (Lipinski definition) is 6. The first-order valence-electron chi connectivity index (χ1n) is 9.49. The second-order valence-corrected chi connectivity index (χ2v) is 6.32. The van der Waals surface area contributed by atoms with Crippen molar-refractivity contribution in [1.29, 1.82) is 0 Å². The lowest BCUT2D eigenvalue weighted by Gasteiger charge is -2.13. The fourth-order valence-electron chi connectivity index (χ4n) is 2.78. The first-order chi connectivity index (χ1) is 14.5. The van der Waals surface area contributed by atoms with Crippen LogP contribution in [0.1, 0.15) is 25.1 Å². The van der Waals surface area contributed by atoms with Crippen LogP contribution in [0.15, 0.2) is 47.4 Å². The molecular formula is C21H22F2N4O3. The van der Waals surface area contributed by atoms with Gasteiger partial charge in [0, 0.05) is 30.1 Å². The van der Waals surface area contributed by atoms with Gasteiger partial charge >= 0.3 is 6.61 Å². The Bertz CT molecular complexity index is 1040. The molecular weight excluding hydrogens is 394 g/mol. The summed E-state index contributed by atoms with van der Waals surface area (Å²) in [6.45, 7) is 1.51. The fraction of sp³-hybridized carbons (Fsp3) is 0.286. The Hall–Kier alpha value is -3.49. The van der Waals surface area contributed by atoms with Crippen molar-refractivity contribution < 1.29 is 18.3 Å². The number of ether oxygens (including phenoxy) is 2. The number of aromatic nitrogens is 3. The summed E-state index contributed by atoms with van der Waals surface area (Å²) in [5.41, 5.74) is 2.01. The molecule has 0 amide bonds. The van der Waals surface area contributed by atoms with Crippen molar-refractivity contribution in [3.8, 4) is 22.9 Å². The molecule has 0 bridgehead atoms. The third-order valence-electron chi connectivity index (χ3n) is 4.19. The molecule has 0 atom stereocenters. The number of nitrogens with one attached hydrogen (secondary N) is 2.